The number of unbranched alkanes of at least 4 members (excludes halogenated alkanes) is 1. The summed E-state index contributed by atoms with van der Waals surface area (Å²) in [5.41, 5.74) is 7.52. The second-order valence-electron chi connectivity index (χ2n) is 3.91. The summed E-state index contributed by atoms with van der Waals surface area (Å²) in [6.45, 7) is 2.94. The Morgan fingerprint density at radius 2 is 2.31 bits per heavy atom. The van der Waals surface area contributed by atoms with Gasteiger partial charge >= 0.3 is 0 Å². The Labute approximate surface area is 100.0 Å². The summed E-state index contributed by atoms with van der Waals surface area (Å²) in [5.74, 6) is 0.732. The summed E-state index contributed by atoms with van der Waals surface area (Å²) in [6, 6.07) is 5.76. The molecule has 0 saturated carbocycles. The summed E-state index contributed by atoms with van der Waals surface area (Å²) in [7, 11) is 0. The molecule has 0 atom stereocenters. The second-order valence-corrected chi connectivity index (χ2v) is 4.93. The fourth-order valence-corrected chi connectivity index (χ4v) is 2.76. The Bertz CT molecular complexity index is 406. The van der Waals surface area contributed by atoms with Crippen molar-refractivity contribution in [2.45, 2.75) is 24.7 Å². The van der Waals surface area contributed by atoms with Crippen LogP contribution in [0.1, 0.15) is 19.8 Å². The molecule has 0 aromatic heterocycles. The molecule has 1 aliphatic rings. The van der Waals surface area contributed by atoms with Gasteiger partial charge in [0.05, 0.1) is 11.4 Å². The van der Waals surface area contributed by atoms with Crippen LogP contribution in [-0.2, 0) is 4.79 Å². The Kier molecular flexibility index (Phi) is 3.39. The number of nitrogens with two attached hydrogens (primary N) is 1. The summed E-state index contributed by atoms with van der Waals surface area (Å²) in [5, 5.41) is 0. The van der Waals surface area contributed by atoms with E-state index < -0.39 is 0 Å². The van der Waals surface area contributed by atoms with Crippen molar-refractivity contribution in [3.05, 3.63) is 18.2 Å². The van der Waals surface area contributed by atoms with Gasteiger partial charge in [-0.2, -0.15) is 0 Å². The summed E-state index contributed by atoms with van der Waals surface area (Å²) >= 11 is 1.58. The first kappa shape index (κ1) is 11.3. The van der Waals surface area contributed by atoms with E-state index in [0.29, 0.717) is 5.75 Å². The third kappa shape index (κ3) is 2.16. The van der Waals surface area contributed by atoms with E-state index in [4.69, 9.17) is 5.73 Å². The van der Waals surface area contributed by atoms with E-state index >= 15 is 0 Å². The minimum absolute atomic E-state index is 0.204. The quantitative estimate of drug-likeness (QED) is 0.820. The van der Waals surface area contributed by atoms with E-state index in [0.717, 1.165) is 35.7 Å². The van der Waals surface area contributed by atoms with Crippen LogP contribution >= 0.6 is 11.8 Å². The predicted octanol–water partition coefficient (Wildman–Crippen LogP) is 2.51. The van der Waals surface area contributed by atoms with Gasteiger partial charge in [0, 0.05) is 17.1 Å². The van der Waals surface area contributed by atoms with Gasteiger partial charge in [0.25, 0.3) is 0 Å². The number of carbonyl (C=O) groups excluding carboxylic acids is 1. The molecule has 0 unspecified atom stereocenters. The van der Waals surface area contributed by atoms with E-state index in [2.05, 4.69) is 6.92 Å². The fraction of sp³-hybridized carbons (Fsp3) is 0.417. The fourth-order valence-electron chi connectivity index (χ4n) is 1.78. The van der Waals surface area contributed by atoms with Crippen molar-refractivity contribution in [1.82, 2.24) is 0 Å². The number of fused-ring (bicyclic) bond motifs is 1. The molecule has 1 aromatic rings. The van der Waals surface area contributed by atoms with Gasteiger partial charge in [0.1, 0.15) is 0 Å². The Morgan fingerprint density at radius 3 is 3.06 bits per heavy atom. The van der Waals surface area contributed by atoms with Crippen molar-refractivity contribution in [2.24, 2.45) is 0 Å². The third-order valence-corrected chi connectivity index (χ3v) is 3.69. The van der Waals surface area contributed by atoms with Crippen LogP contribution < -0.4 is 10.6 Å². The van der Waals surface area contributed by atoms with Gasteiger partial charge in [-0.3, -0.25) is 4.79 Å². The summed E-state index contributed by atoms with van der Waals surface area (Å²) in [6.07, 6.45) is 2.14. The second kappa shape index (κ2) is 4.78. The Morgan fingerprint density at radius 1 is 1.50 bits per heavy atom. The predicted molar refractivity (Wildman–Crippen MR) is 68.8 cm³/mol. The molecule has 1 aromatic carbocycles. The van der Waals surface area contributed by atoms with Gasteiger partial charge in [-0.05, 0) is 24.6 Å². The van der Waals surface area contributed by atoms with Gasteiger partial charge in [0.15, 0.2) is 0 Å². The van der Waals surface area contributed by atoms with Crippen LogP contribution in [0, 0.1) is 0 Å². The number of nitrogen functional groups attached to an aromatic ring is 1. The first-order chi connectivity index (χ1) is 7.72. The number of nitrogens with zero attached hydrogens (tertiary/aromatic N) is 1. The number of rotatable bonds is 3. The average Bonchev–Trinajstić information content (AvgIpc) is 2.28. The van der Waals surface area contributed by atoms with Crippen LogP contribution in [0.3, 0.4) is 0 Å². The molecule has 1 amide bonds. The van der Waals surface area contributed by atoms with Gasteiger partial charge in [-0.1, -0.05) is 13.3 Å². The zero-order valence-corrected chi connectivity index (χ0v) is 10.2. The molecule has 2 rings (SSSR count). The van der Waals surface area contributed by atoms with Crippen molar-refractivity contribution in [3.63, 3.8) is 0 Å². The van der Waals surface area contributed by atoms with Crippen LogP contribution in [0.25, 0.3) is 0 Å². The molecule has 3 nitrogen and oxygen atoms in total. The normalized spacial score (nSPS) is 15.1. The van der Waals surface area contributed by atoms with E-state index in [1.807, 2.05) is 23.1 Å². The van der Waals surface area contributed by atoms with Gasteiger partial charge in [-0.15, -0.1) is 11.8 Å². The maximum atomic E-state index is 11.8. The van der Waals surface area contributed by atoms with Gasteiger partial charge < -0.3 is 10.6 Å². The molecular formula is C12H16N2OS. The smallest absolute Gasteiger partial charge is 0.237 e. The largest absolute Gasteiger partial charge is 0.399 e. The highest BCUT2D eigenvalue weighted by molar-refractivity contribution is 8.00. The lowest BCUT2D eigenvalue weighted by molar-refractivity contribution is -0.116. The van der Waals surface area contributed by atoms with Crippen molar-refractivity contribution >= 4 is 29.0 Å². The molecule has 1 heterocycles. The Hall–Kier alpha value is -1.16. The number of benzene rings is 1. The molecule has 16 heavy (non-hydrogen) atoms. The number of carbonyl (C=O) groups is 1. The first-order valence-electron chi connectivity index (χ1n) is 5.55. The third-order valence-electron chi connectivity index (χ3n) is 2.66. The molecular weight excluding hydrogens is 220 g/mol. The zero-order valence-electron chi connectivity index (χ0n) is 9.40. The summed E-state index contributed by atoms with van der Waals surface area (Å²) < 4.78 is 0. The van der Waals surface area contributed by atoms with E-state index in [1.54, 1.807) is 11.8 Å². The molecule has 1 aliphatic heterocycles. The molecule has 86 valence electrons. The van der Waals surface area contributed by atoms with Crippen molar-refractivity contribution in [2.75, 3.05) is 22.9 Å². The monoisotopic (exact) mass is 236 g/mol. The average molecular weight is 236 g/mol. The lowest BCUT2D eigenvalue weighted by atomic mass is 10.2. The highest BCUT2D eigenvalue weighted by Gasteiger charge is 2.23. The molecule has 0 bridgehead atoms. The molecule has 4 heteroatoms. The van der Waals surface area contributed by atoms with Crippen molar-refractivity contribution in [1.29, 1.82) is 0 Å². The zero-order chi connectivity index (χ0) is 11.5. The molecule has 0 saturated heterocycles. The summed E-state index contributed by atoms with van der Waals surface area (Å²) in [4.78, 5) is 14.8. The standard InChI is InChI=1S/C12H16N2OS/c1-2-3-6-14-10-5-4-9(13)7-11(10)16-8-12(14)15/h4-5,7H,2-3,6,8,13H2,1H3. The molecule has 0 fully saturated rings. The number of hydrogen-bond donors (Lipinski definition) is 1. The lowest BCUT2D eigenvalue weighted by Crippen LogP contribution is -2.36. The van der Waals surface area contributed by atoms with Crippen molar-refractivity contribution < 1.29 is 4.79 Å². The van der Waals surface area contributed by atoms with Gasteiger partial charge in [-0.25, -0.2) is 0 Å². The highest BCUT2D eigenvalue weighted by Crippen LogP contribution is 2.36. The van der Waals surface area contributed by atoms with E-state index in [-0.39, 0.29) is 5.91 Å². The van der Waals surface area contributed by atoms with Gasteiger partial charge in [0.2, 0.25) is 5.91 Å². The van der Waals surface area contributed by atoms with Crippen LogP contribution in [0.4, 0.5) is 11.4 Å². The molecule has 0 spiro atoms. The Balaban J connectivity index is 2.29. The number of anilines is 2. The van der Waals surface area contributed by atoms with Crippen molar-refractivity contribution in [3.8, 4) is 0 Å². The lowest BCUT2D eigenvalue weighted by Gasteiger charge is -2.29. The van der Waals surface area contributed by atoms with Crippen LogP contribution in [0.2, 0.25) is 0 Å². The number of thioether (sulfide) groups is 1. The first-order valence-corrected chi connectivity index (χ1v) is 6.53. The molecule has 0 aliphatic carbocycles. The van der Waals surface area contributed by atoms with E-state index in [1.165, 1.54) is 0 Å². The minimum atomic E-state index is 0.204. The van der Waals surface area contributed by atoms with Crippen LogP contribution in [0.15, 0.2) is 23.1 Å². The number of amides is 1. The van der Waals surface area contributed by atoms with E-state index in [9.17, 15) is 4.79 Å². The highest BCUT2D eigenvalue weighted by atomic mass is 32.2. The maximum Gasteiger partial charge on any atom is 0.237 e. The SMILES string of the molecule is CCCCN1C(=O)CSc2cc(N)ccc21. The minimum Gasteiger partial charge on any atom is -0.399 e. The van der Waals surface area contributed by atoms with Crippen LogP contribution in [-0.4, -0.2) is 18.2 Å². The topological polar surface area (TPSA) is 46.3 Å². The molecule has 0 radical (unpaired) electrons. The molecule has 2 N–H and O–H groups in total. The maximum absolute atomic E-state index is 11.8. The van der Waals surface area contributed by atoms with Crippen LogP contribution in [0.5, 0.6) is 0 Å². The number of hydrogen-bond acceptors (Lipinski definition) is 3.